The van der Waals surface area contributed by atoms with Gasteiger partial charge in [0.05, 0.1) is 5.02 Å². The van der Waals surface area contributed by atoms with Gasteiger partial charge in [-0.3, -0.25) is 4.79 Å². The van der Waals surface area contributed by atoms with Crippen LogP contribution in [-0.4, -0.2) is 10.9 Å². The molecule has 0 aliphatic carbocycles. The summed E-state index contributed by atoms with van der Waals surface area (Å²) in [6.07, 6.45) is 1.55. The van der Waals surface area contributed by atoms with Crippen molar-refractivity contribution in [2.24, 2.45) is 5.73 Å². The van der Waals surface area contributed by atoms with Crippen LogP contribution >= 0.6 is 11.6 Å². The summed E-state index contributed by atoms with van der Waals surface area (Å²) in [6, 6.07) is 1.65. The number of rotatable bonds is 1. The van der Waals surface area contributed by atoms with Crippen molar-refractivity contribution in [2.75, 3.05) is 0 Å². The van der Waals surface area contributed by atoms with Crippen molar-refractivity contribution in [3.63, 3.8) is 0 Å². The number of nitrogens with two attached hydrogens (primary N) is 1. The summed E-state index contributed by atoms with van der Waals surface area (Å²) < 4.78 is 0. The lowest BCUT2D eigenvalue weighted by Crippen LogP contribution is -2.13. The van der Waals surface area contributed by atoms with Crippen molar-refractivity contribution in [1.82, 2.24) is 4.98 Å². The average molecular weight is 171 g/mol. The Morgan fingerprint density at radius 1 is 1.73 bits per heavy atom. The van der Waals surface area contributed by atoms with Crippen molar-refractivity contribution < 1.29 is 4.79 Å². The van der Waals surface area contributed by atoms with Gasteiger partial charge in [-0.25, -0.2) is 4.98 Å². The molecule has 1 amide bonds. The van der Waals surface area contributed by atoms with Gasteiger partial charge in [0.25, 0.3) is 5.91 Å². The van der Waals surface area contributed by atoms with Gasteiger partial charge in [-0.05, 0) is 18.6 Å². The third-order valence-corrected chi connectivity index (χ3v) is 1.50. The normalized spacial score (nSPS) is 9.64. The Balaban J connectivity index is 3.20. The molecule has 0 aliphatic heterocycles. The van der Waals surface area contributed by atoms with E-state index >= 15 is 0 Å². The molecule has 0 aliphatic rings. The molecule has 1 heterocycles. The molecule has 2 N–H and O–H groups in total. The maximum Gasteiger partial charge on any atom is 0.268 e. The highest BCUT2D eigenvalue weighted by atomic mass is 35.5. The van der Waals surface area contributed by atoms with Crippen LogP contribution in [0.25, 0.3) is 0 Å². The van der Waals surface area contributed by atoms with Gasteiger partial charge in [0.2, 0.25) is 0 Å². The molecule has 1 aromatic rings. The number of halogens is 1. The van der Waals surface area contributed by atoms with E-state index in [-0.39, 0.29) is 5.69 Å². The van der Waals surface area contributed by atoms with Crippen LogP contribution < -0.4 is 5.73 Å². The van der Waals surface area contributed by atoms with E-state index in [4.69, 9.17) is 17.3 Å². The van der Waals surface area contributed by atoms with Crippen molar-refractivity contribution in [3.05, 3.63) is 28.5 Å². The van der Waals surface area contributed by atoms with Gasteiger partial charge < -0.3 is 5.73 Å². The fourth-order valence-corrected chi connectivity index (χ4v) is 1.03. The average Bonchev–Trinajstić information content (AvgIpc) is 1.85. The van der Waals surface area contributed by atoms with Gasteiger partial charge in [-0.1, -0.05) is 11.6 Å². The third kappa shape index (κ3) is 1.68. The second-order valence-electron chi connectivity index (χ2n) is 2.21. The Bertz CT molecular complexity index is 298. The predicted molar refractivity (Wildman–Crippen MR) is 42.5 cm³/mol. The fraction of sp³-hybridized carbons (Fsp3) is 0.143. The molecule has 1 rings (SSSR count). The van der Waals surface area contributed by atoms with E-state index in [0.717, 1.165) is 5.56 Å². The monoisotopic (exact) mass is 170 g/mol. The molecule has 0 aromatic carbocycles. The molecule has 11 heavy (non-hydrogen) atoms. The quantitative estimate of drug-likeness (QED) is 0.687. The lowest BCUT2D eigenvalue weighted by atomic mass is 10.3. The largest absolute Gasteiger partial charge is 0.364 e. The first-order chi connectivity index (χ1) is 5.11. The Hall–Kier alpha value is -1.09. The summed E-state index contributed by atoms with van der Waals surface area (Å²) >= 11 is 5.66. The first-order valence-corrected chi connectivity index (χ1v) is 3.41. The van der Waals surface area contributed by atoms with Gasteiger partial charge >= 0.3 is 0 Å². The molecule has 1 aromatic heterocycles. The molecular formula is C7H7ClN2O. The van der Waals surface area contributed by atoms with Crippen LogP contribution in [0.2, 0.25) is 5.02 Å². The number of nitrogens with zero attached hydrogens (tertiary/aromatic N) is 1. The number of aryl methyl sites for hydroxylation is 1. The van der Waals surface area contributed by atoms with E-state index in [1.165, 1.54) is 0 Å². The van der Waals surface area contributed by atoms with E-state index < -0.39 is 5.91 Å². The summed E-state index contributed by atoms with van der Waals surface area (Å²) in [6.45, 7) is 1.84. The second kappa shape index (κ2) is 2.88. The molecule has 0 spiro atoms. The van der Waals surface area contributed by atoms with Crippen molar-refractivity contribution >= 4 is 17.5 Å². The van der Waals surface area contributed by atoms with Crippen LogP contribution in [0, 0.1) is 6.92 Å². The number of carbonyl (C=O) groups excluding carboxylic acids is 1. The zero-order chi connectivity index (χ0) is 8.43. The minimum Gasteiger partial charge on any atom is -0.364 e. The fourth-order valence-electron chi connectivity index (χ4n) is 0.715. The number of pyridine rings is 1. The zero-order valence-electron chi connectivity index (χ0n) is 5.97. The van der Waals surface area contributed by atoms with Crippen molar-refractivity contribution in [3.8, 4) is 0 Å². The minimum absolute atomic E-state index is 0.122. The zero-order valence-corrected chi connectivity index (χ0v) is 6.72. The number of amides is 1. The third-order valence-electron chi connectivity index (χ3n) is 1.21. The molecule has 0 unspecified atom stereocenters. The molecule has 0 radical (unpaired) electrons. The number of hydrogen-bond donors (Lipinski definition) is 1. The van der Waals surface area contributed by atoms with Crippen LogP contribution in [-0.2, 0) is 0 Å². The molecule has 0 saturated carbocycles. The predicted octanol–water partition coefficient (Wildman–Crippen LogP) is 1.14. The van der Waals surface area contributed by atoms with Crippen molar-refractivity contribution in [1.29, 1.82) is 0 Å². The van der Waals surface area contributed by atoms with E-state index in [1.54, 1.807) is 12.3 Å². The van der Waals surface area contributed by atoms with Gasteiger partial charge in [0.15, 0.2) is 0 Å². The van der Waals surface area contributed by atoms with Crippen molar-refractivity contribution in [2.45, 2.75) is 6.92 Å². The van der Waals surface area contributed by atoms with Crippen LogP contribution in [0.15, 0.2) is 12.3 Å². The van der Waals surface area contributed by atoms with Crippen LogP contribution in [0.5, 0.6) is 0 Å². The highest BCUT2D eigenvalue weighted by molar-refractivity contribution is 6.33. The summed E-state index contributed by atoms with van der Waals surface area (Å²) in [5.41, 5.74) is 6.00. The molecular weight excluding hydrogens is 164 g/mol. The minimum atomic E-state index is -0.602. The molecule has 0 fully saturated rings. The SMILES string of the molecule is Cc1cnc(C(N)=O)c(Cl)c1. The maximum absolute atomic E-state index is 10.6. The summed E-state index contributed by atoms with van der Waals surface area (Å²) in [5.74, 6) is -0.602. The van der Waals surface area contributed by atoms with Gasteiger partial charge in [0.1, 0.15) is 5.69 Å². The smallest absolute Gasteiger partial charge is 0.268 e. The maximum atomic E-state index is 10.6. The highest BCUT2D eigenvalue weighted by Crippen LogP contribution is 2.13. The number of primary amides is 1. The number of aromatic nitrogens is 1. The molecule has 4 heteroatoms. The number of hydrogen-bond acceptors (Lipinski definition) is 2. The van der Waals surface area contributed by atoms with Crippen LogP contribution in [0.4, 0.5) is 0 Å². The Morgan fingerprint density at radius 3 is 2.82 bits per heavy atom. The molecule has 58 valence electrons. The lowest BCUT2D eigenvalue weighted by Gasteiger charge is -1.97. The molecule has 0 bridgehead atoms. The van der Waals surface area contributed by atoms with Crippen LogP contribution in [0.1, 0.15) is 16.1 Å². The molecule has 0 atom stereocenters. The van der Waals surface area contributed by atoms with E-state index in [1.807, 2.05) is 6.92 Å². The first kappa shape index (κ1) is 8.01. The number of carbonyl (C=O) groups is 1. The van der Waals surface area contributed by atoms with E-state index in [9.17, 15) is 4.79 Å². The van der Waals surface area contributed by atoms with E-state index in [2.05, 4.69) is 4.98 Å². The van der Waals surface area contributed by atoms with Crippen LogP contribution in [0.3, 0.4) is 0 Å². The highest BCUT2D eigenvalue weighted by Gasteiger charge is 2.06. The van der Waals surface area contributed by atoms with Gasteiger partial charge in [-0.2, -0.15) is 0 Å². The first-order valence-electron chi connectivity index (χ1n) is 3.03. The van der Waals surface area contributed by atoms with E-state index in [0.29, 0.717) is 5.02 Å². The second-order valence-corrected chi connectivity index (χ2v) is 2.61. The summed E-state index contributed by atoms with van der Waals surface area (Å²) in [7, 11) is 0. The standard InChI is InChI=1S/C7H7ClN2O/c1-4-2-5(8)6(7(9)11)10-3-4/h2-3H,1H3,(H2,9,11). The Morgan fingerprint density at radius 2 is 2.36 bits per heavy atom. The van der Waals surface area contributed by atoms with Gasteiger partial charge in [0, 0.05) is 6.20 Å². The molecule has 3 nitrogen and oxygen atoms in total. The lowest BCUT2D eigenvalue weighted by molar-refractivity contribution is 0.0996. The molecule has 0 saturated heterocycles. The summed E-state index contributed by atoms with van der Waals surface area (Å²) in [5, 5.41) is 0.303. The summed E-state index contributed by atoms with van der Waals surface area (Å²) in [4.78, 5) is 14.4. The Labute approximate surface area is 69.2 Å². The van der Waals surface area contributed by atoms with Gasteiger partial charge in [-0.15, -0.1) is 0 Å². The Kier molecular flexibility index (Phi) is 2.10. The topological polar surface area (TPSA) is 56.0 Å².